The Labute approximate surface area is 155 Å². The molecular weight excluding hydrogens is 328 g/mol. The van der Waals surface area contributed by atoms with Crippen LogP contribution in [0.15, 0.2) is 36.4 Å². The quantitative estimate of drug-likeness (QED) is 0.786. The van der Waals surface area contributed by atoms with Crippen LogP contribution in [-0.2, 0) is 4.79 Å². The summed E-state index contributed by atoms with van der Waals surface area (Å²) in [4.78, 5) is 26.5. The Kier molecular flexibility index (Phi) is 7.01. The summed E-state index contributed by atoms with van der Waals surface area (Å²) in [6.07, 6.45) is 1.97. The molecule has 140 valence electrons. The highest BCUT2D eigenvalue weighted by Crippen LogP contribution is 2.27. The van der Waals surface area contributed by atoms with Crippen LogP contribution in [0.5, 0.6) is 5.75 Å². The number of nitrogens with one attached hydrogen (secondary N) is 1. The van der Waals surface area contributed by atoms with E-state index in [-0.39, 0.29) is 24.5 Å². The maximum atomic E-state index is 12.9. The zero-order valence-corrected chi connectivity index (χ0v) is 16.0. The van der Waals surface area contributed by atoms with E-state index in [0.717, 1.165) is 23.6 Å². The fraction of sp³-hybridized carbons (Fsp3) is 0.429. The number of benzene rings is 2. The first-order valence-electron chi connectivity index (χ1n) is 9.12. The molecule has 0 radical (unpaired) electrons. The molecule has 26 heavy (non-hydrogen) atoms. The molecule has 5 heteroatoms. The SMILES string of the molecule is CCCCN(C)C(=O)c1cc2ccccc2cc1OCC(=O)NC(C)C. The van der Waals surface area contributed by atoms with Crippen LogP contribution < -0.4 is 10.1 Å². The van der Waals surface area contributed by atoms with Gasteiger partial charge < -0.3 is 15.0 Å². The van der Waals surface area contributed by atoms with Crippen molar-refractivity contribution in [2.75, 3.05) is 20.2 Å². The van der Waals surface area contributed by atoms with E-state index >= 15 is 0 Å². The van der Waals surface area contributed by atoms with Gasteiger partial charge in [-0.3, -0.25) is 9.59 Å². The fourth-order valence-electron chi connectivity index (χ4n) is 2.72. The van der Waals surface area contributed by atoms with E-state index in [0.29, 0.717) is 17.9 Å². The first-order chi connectivity index (χ1) is 12.4. The van der Waals surface area contributed by atoms with E-state index in [1.165, 1.54) is 0 Å². The summed E-state index contributed by atoms with van der Waals surface area (Å²) in [6.45, 7) is 6.46. The molecule has 0 heterocycles. The maximum absolute atomic E-state index is 12.9. The molecule has 0 bridgehead atoms. The number of amides is 2. The number of carbonyl (C=O) groups is 2. The van der Waals surface area contributed by atoms with Crippen molar-refractivity contribution >= 4 is 22.6 Å². The summed E-state index contributed by atoms with van der Waals surface area (Å²) in [5.41, 5.74) is 0.486. The smallest absolute Gasteiger partial charge is 0.258 e. The molecule has 1 N–H and O–H groups in total. The van der Waals surface area contributed by atoms with Gasteiger partial charge in [0.1, 0.15) is 5.75 Å². The van der Waals surface area contributed by atoms with E-state index in [1.54, 1.807) is 11.9 Å². The normalized spacial score (nSPS) is 10.8. The standard InChI is InChI=1S/C21H28N2O3/c1-5-6-11-23(4)21(25)18-12-16-9-7-8-10-17(16)13-19(18)26-14-20(24)22-15(2)3/h7-10,12-13,15H,5-6,11,14H2,1-4H3,(H,22,24). The molecule has 2 aromatic carbocycles. The summed E-state index contributed by atoms with van der Waals surface area (Å²) >= 11 is 0. The Morgan fingerprint density at radius 3 is 2.42 bits per heavy atom. The second-order valence-corrected chi connectivity index (χ2v) is 6.79. The second-order valence-electron chi connectivity index (χ2n) is 6.79. The van der Waals surface area contributed by atoms with Gasteiger partial charge in [0.2, 0.25) is 0 Å². The minimum Gasteiger partial charge on any atom is -0.483 e. The van der Waals surface area contributed by atoms with Gasteiger partial charge in [-0.15, -0.1) is 0 Å². The second kappa shape index (κ2) is 9.22. The molecule has 0 spiro atoms. The third-order valence-electron chi connectivity index (χ3n) is 4.08. The van der Waals surface area contributed by atoms with E-state index in [1.807, 2.05) is 50.2 Å². The largest absolute Gasteiger partial charge is 0.483 e. The van der Waals surface area contributed by atoms with Crippen molar-refractivity contribution < 1.29 is 14.3 Å². The number of carbonyl (C=O) groups excluding carboxylic acids is 2. The van der Waals surface area contributed by atoms with Gasteiger partial charge in [0.15, 0.2) is 6.61 Å². The molecule has 0 saturated carbocycles. The number of ether oxygens (including phenoxy) is 1. The number of unbranched alkanes of at least 4 members (excludes halogenated alkanes) is 1. The lowest BCUT2D eigenvalue weighted by atomic mass is 10.0. The number of nitrogens with zero attached hydrogens (tertiary/aromatic N) is 1. The van der Waals surface area contributed by atoms with Gasteiger partial charge in [-0.25, -0.2) is 0 Å². The van der Waals surface area contributed by atoms with Crippen molar-refractivity contribution in [3.8, 4) is 5.75 Å². The first-order valence-corrected chi connectivity index (χ1v) is 9.12. The number of fused-ring (bicyclic) bond motifs is 1. The number of hydrogen-bond acceptors (Lipinski definition) is 3. The van der Waals surface area contributed by atoms with E-state index in [2.05, 4.69) is 12.2 Å². The van der Waals surface area contributed by atoms with Crippen molar-refractivity contribution in [1.82, 2.24) is 10.2 Å². The average molecular weight is 356 g/mol. The Morgan fingerprint density at radius 1 is 1.15 bits per heavy atom. The van der Waals surface area contributed by atoms with Gasteiger partial charge in [-0.1, -0.05) is 37.6 Å². The van der Waals surface area contributed by atoms with Crippen molar-refractivity contribution in [2.24, 2.45) is 0 Å². The monoisotopic (exact) mass is 356 g/mol. The molecule has 2 rings (SSSR count). The lowest BCUT2D eigenvalue weighted by Gasteiger charge is -2.20. The van der Waals surface area contributed by atoms with Crippen molar-refractivity contribution in [3.05, 3.63) is 42.0 Å². The van der Waals surface area contributed by atoms with Crippen LogP contribution in [0.4, 0.5) is 0 Å². The van der Waals surface area contributed by atoms with Gasteiger partial charge in [0.25, 0.3) is 11.8 Å². The molecule has 0 aromatic heterocycles. The highest BCUT2D eigenvalue weighted by molar-refractivity contribution is 6.01. The Morgan fingerprint density at radius 2 is 1.81 bits per heavy atom. The summed E-state index contributed by atoms with van der Waals surface area (Å²) in [5, 5.41) is 4.73. The lowest BCUT2D eigenvalue weighted by molar-refractivity contribution is -0.123. The predicted octanol–water partition coefficient (Wildman–Crippen LogP) is 3.62. The first kappa shape index (κ1) is 19.8. The summed E-state index contributed by atoms with van der Waals surface area (Å²) in [6, 6.07) is 11.5. The van der Waals surface area contributed by atoms with E-state index in [9.17, 15) is 9.59 Å². The van der Waals surface area contributed by atoms with Gasteiger partial charge >= 0.3 is 0 Å². The van der Waals surface area contributed by atoms with Gasteiger partial charge in [-0.05, 0) is 43.2 Å². The molecule has 0 aliphatic heterocycles. The van der Waals surface area contributed by atoms with Crippen molar-refractivity contribution in [3.63, 3.8) is 0 Å². The highest BCUT2D eigenvalue weighted by Gasteiger charge is 2.18. The molecule has 2 aromatic rings. The molecule has 2 amide bonds. The predicted molar refractivity (Wildman–Crippen MR) is 105 cm³/mol. The lowest BCUT2D eigenvalue weighted by Crippen LogP contribution is -2.34. The number of rotatable bonds is 8. The molecule has 0 saturated heterocycles. The van der Waals surface area contributed by atoms with Gasteiger partial charge in [0, 0.05) is 19.6 Å². The van der Waals surface area contributed by atoms with Crippen molar-refractivity contribution in [1.29, 1.82) is 0 Å². The third kappa shape index (κ3) is 5.22. The molecule has 0 aliphatic rings. The van der Waals surface area contributed by atoms with E-state index < -0.39 is 0 Å². The zero-order chi connectivity index (χ0) is 19.1. The molecule has 0 unspecified atom stereocenters. The molecule has 0 atom stereocenters. The van der Waals surface area contributed by atoms with Gasteiger partial charge in [0.05, 0.1) is 5.56 Å². The third-order valence-corrected chi connectivity index (χ3v) is 4.08. The molecule has 0 aliphatic carbocycles. The summed E-state index contributed by atoms with van der Waals surface area (Å²) in [5.74, 6) is 0.144. The average Bonchev–Trinajstić information content (AvgIpc) is 2.62. The summed E-state index contributed by atoms with van der Waals surface area (Å²) in [7, 11) is 1.79. The van der Waals surface area contributed by atoms with Crippen LogP contribution in [0.2, 0.25) is 0 Å². The molecular formula is C21H28N2O3. The van der Waals surface area contributed by atoms with Crippen molar-refractivity contribution in [2.45, 2.75) is 39.7 Å². The van der Waals surface area contributed by atoms with E-state index in [4.69, 9.17) is 4.74 Å². The van der Waals surface area contributed by atoms with Gasteiger partial charge in [-0.2, -0.15) is 0 Å². The molecule has 5 nitrogen and oxygen atoms in total. The highest BCUT2D eigenvalue weighted by atomic mass is 16.5. The van der Waals surface area contributed by atoms with Crippen LogP contribution in [0, 0.1) is 0 Å². The minimum atomic E-state index is -0.203. The van der Waals surface area contributed by atoms with Crippen LogP contribution in [0.3, 0.4) is 0 Å². The van der Waals surface area contributed by atoms with Crippen LogP contribution in [0.25, 0.3) is 10.8 Å². The topological polar surface area (TPSA) is 58.6 Å². The summed E-state index contributed by atoms with van der Waals surface area (Å²) < 4.78 is 5.72. The Balaban J connectivity index is 2.30. The number of hydrogen-bond donors (Lipinski definition) is 1. The Hall–Kier alpha value is -2.56. The van der Waals surface area contributed by atoms with Crippen LogP contribution >= 0.6 is 0 Å². The molecule has 0 fully saturated rings. The van der Waals surface area contributed by atoms with Crippen LogP contribution in [0.1, 0.15) is 44.0 Å². The fourth-order valence-corrected chi connectivity index (χ4v) is 2.72. The zero-order valence-electron chi connectivity index (χ0n) is 16.0. The van der Waals surface area contributed by atoms with Crippen LogP contribution in [-0.4, -0.2) is 43.0 Å². The Bertz CT molecular complexity index is 771. The maximum Gasteiger partial charge on any atom is 0.258 e. The minimum absolute atomic E-state index is 0.0454.